The molecular formula is C21H18ClN5O3. The van der Waals surface area contributed by atoms with E-state index in [2.05, 4.69) is 15.6 Å². The lowest BCUT2D eigenvalue weighted by Gasteiger charge is -2.13. The van der Waals surface area contributed by atoms with Crippen LogP contribution in [0.5, 0.6) is 5.75 Å². The van der Waals surface area contributed by atoms with E-state index in [1.807, 2.05) is 43.3 Å². The van der Waals surface area contributed by atoms with Crippen LogP contribution in [-0.2, 0) is 16.1 Å². The zero-order valence-electron chi connectivity index (χ0n) is 16.3. The van der Waals surface area contributed by atoms with Crippen molar-refractivity contribution < 1.29 is 14.3 Å². The number of imide groups is 1. The summed E-state index contributed by atoms with van der Waals surface area (Å²) >= 11 is 6.15. The average molecular weight is 424 g/mol. The third kappa shape index (κ3) is 3.77. The van der Waals surface area contributed by atoms with E-state index in [-0.39, 0.29) is 17.3 Å². The van der Waals surface area contributed by atoms with E-state index in [4.69, 9.17) is 16.3 Å². The molecule has 2 amide bonds. The van der Waals surface area contributed by atoms with Gasteiger partial charge in [-0.3, -0.25) is 14.5 Å². The maximum Gasteiger partial charge on any atom is 0.279 e. The van der Waals surface area contributed by atoms with Gasteiger partial charge in [0, 0.05) is 5.69 Å². The number of carbonyl (C=O) groups is 2. The minimum Gasteiger partial charge on any atom is -0.497 e. The van der Waals surface area contributed by atoms with Gasteiger partial charge in [-0.1, -0.05) is 34.5 Å². The molecule has 0 unspecified atom stereocenters. The molecule has 0 radical (unpaired) electrons. The van der Waals surface area contributed by atoms with Crippen LogP contribution in [0.4, 0.5) is 5.69 Å². The number of nitrogens with zero attached hydrogens (tertiary/aromatic N) is 4. The number of hydrogen-bond donors (Lipinski definition) is 1. The smallest absolute Gasteiger partial charge is 0.279 e. The van der Waals surface area contributed by atoms with E-state index in [1.165, 1.54) is 0 Å². The molecule has 0 saturated heterocycles. The highest BCUT2D eigenvalue weighted by Gasteiger charge is 2.38. The van der Waals surface area contributed by atoms with Crippen molar-refractivity contribution in [3.8, 4) is 11.4 Å². The Kier molecular flexibility index (Phi) is 5.24. The van der Waals surface area contributed by atoms with Crippen molar-refractivity contribution in [3.63, 3.8) is 0 Å². The molecule has 0 aliphatic carbocycles. The fourth-order valence-corrected chi connectivity index (χ4v) is 3.20. The lowest BCUT2D eigenvalue weighted by atomic mass is 10.2. The van der Waals surface area contributed by atoms with Crippen molar-refractivity contribution in [2.75, 3.05) is 12.4 Å². The number of amides is 2. The average Bonchev–Trinajstić information content (AvgIpc) is 3.31. The van der Waals surface area contributed by atoms with Crippen LogP contribution in [-0.4, -0.2) is 38.8 Å². The first-order valence-electron chi connectivity index (χ1n) is 9.11. The van der Waals surface area contributed by atoms with Crippen LogP contribution < -0.4 is 10.1 Å². The summed E-state index contributed by atoms with van der Waals surface area (Å²) in [6.45, 7) is 1.92. The number of benzene rings is 2. The maximum absolute atomic E-state index is 12.8. The van der Waals surface area contributed by atoms with E-state index in [9.17, 15) is 9.59 Å². The topological polar surface area (TPSA) is 89.4 Å². The van der Waals surface area contributed by atoms with Crippen LogP contribution in [0.15, 0.2) is 65.5 Å². The molecule has 0 atom stereocenters. The Hall–Kier alpha value is -3.65. The lowest BCUT2D eigenvalue weighted by molar-refractivity contribution is -0.138. The van der Waals surface area contributed by atoms with Crippen LogP contribution in [0, 0.1) is 6.92 Å². The minimum atomic E-state index is -0.574. The summed E-state index contributed by atoms with van der Waals surface area (Å²) in [4.78, 5) is 26.4. The molecule has 30 heavy (non-hydrogen) atoms. The molecule has 0 bridgehead atoms. The summed E-state index contributed by atoms with van der Waals surface area (Å²) in [6, 6.07) is 14.7. The molecule has 0 spiro atoms. The number of methoxy groups -OCH3 is 1. The van der Waals surface area contributed by atoms with Crippen molar-refractivity contribution in [2.24, 2.45) is 0 Å². The van der Waals surface area contributed by atoms with Gasteiger partial charge in [0.15, 0.2) is 0 Å². The summed E-state index contributed by atoms with van der Waals surface area (Å²) in [5.74, 6) is -0.360. The quantitative estimate of drug-likeness (QED) is 0.613. The largest absolute Gasteiger partial charge is 0.497 e. The standard InChI is InChI=1S/C21H18ClN5O3/c1-13-3-5-14(6-4-13)23-19-18(22)20(28)26(21(19)29)11-15-12-27(25-24-15)16-7-9-17(30-2)10-8-16/h3-10,12,23H,11H2,1-2H3. The lowest BCUT2D eigenvalue weighted by Crippen LogP contribution is -2.32. The van der Waals surface area contributed by atoms with Gasteiger partial charge in [-0.05, 0) is 43.3 Å². The highest BCUT2D eigenvalue weighted by Crippen LogP contribution is 2.27. The van der Waals surface area contributed by atoms with Crippen molar-refractivity contribution in [3.05, 3.63) is 76.7 Å². The zero-order valence-corrected chi connectivity index (χ0v) is 17.1. The predicted octanol–water partition coefficient (Wildman–Crippen LogP) is 3.02. The predicted molar refractivity (Wildman–Crippen MR) is 111 cm³/mol. The van der Waals surface area contributed by atoms with E-state index in [0.29, 0.717) is 11.4 Å². The summed E-state index contributed by atoms with van der Waals surface area (Å²) in [6.07, 6.45) is 1.65. The molecule has 8 nitrogen and oxygen atoms in total. The molecule has 152 valence electrons. The molecule has 1 N–H and O–H groups in total. The van der Waals surface area contributed by atoms with Gasteiger partial charge in [0.2, 0.25) is 0 Å². The third-order valence-corrected chi connectivity index (χ3v) is 4.98. The Bertz CT molecular complexity index is 1140. The van der Waals surface area contributed by atoms with Gasteiger partial charge in [0.25, 0.3) is 11.8 Å². The van der Waals surface area contributed by atoms with Gasteiger partial charge >= 0.3 is 0 Å². The second kappa shape index (κ2) is 8.00. The second-order valence-corrected chi connectivity index (χ2v) is 7.11. The first-order chi connectivity index (χ1) is 14.5. The molecule has 4 rings (SSSR count). The molecule has 0 saturated carbocycles. The zero-order chi connectivity index (χ0) is 21.3. The van der Waals surface area contributed by atoms with Gasteiger partial charge in [-0.25, -0.2) is 4.68 Å². The Morgan fingerprint density at radius 1 is 1.03 bits per heavy atom. The molecule has 3 aromatic rings. The van der Waals surface area contributed by atoms with Crippen LogP contribution in [0.1, 0.15) is 11.3 Å². The van der Waals surface area contributed by atoms with Gasteiger partial charge in [0.05, 0.1) is 25.5 Å². The van der Waals surface area contributed by atoms with Gasteiger partial charge < -0.3 is 10.1 Å². The van der Waals surface area contributed by atoms with E-state index >= 15 is 0 Å². The SMILES string of the molecule is COc1ccc(-n2cc(CN3C(=O)C(Cl)=C(Nc4ccc(C)cc4)C3=O)nn2)cc1. The van der Waals surface area contributed by atoms with Crippen molar-refractivity contribution in [1.29, 1.82) is 0 Å². The number of halogens is 1. The first-order valence-corrected chi connectivity index (χ1v) is 9.49. The molecule has 0 fully saturated rings. The fraction of sp³-hybridized carbons (Fsp3) is 0.143. The third-order valence-electron chi connectivity index (χ3n) is 4.63. The molecule has 2 heterocycles. The number of rotatable bonds is 6. The van der Waals surface area contributed by atoms with E-state index in [1.54, 1.807) is 30.1 Å². The maximum atomic E-state index is 12.8. The molecule has 1 aromatic heterocycles. The minimum absolute atomic E-state index is 0.0386. The Morgan fingerprint density at radius 3 is 2.40 bits per heavy atom. The second-order valence-electron chi connectivity index (χ2n) is 6.73. The summed E-state index contributed by atoms with van der Waals surface area (Å²) in [7, 11) is 1.59. The Balaban J connectivity index is 1.49. The first kappa shape index (κ1) is 19.7. The van der Waals surface area contributed by atoms with Crippen molar-refractivity contribution in [1.82, 2.24) is 19.9 Å². The van der Waals surface area contributed by atoms with Crippen LogP contribution in [0.3, 0.4) is 0 Å². The Labute approximate surface area is 177 Å². The van der Waals surface area contributed by atoms with Gasteiger partial charge in [0.1, 0.15) is 22.2 Å². The van der Waals surface area contributed by atoms with Gasteiger partial charge in [-0.2, -0.15) is 0 Å². The summed E-state index contributed by atoms with van der Waals surface area (Å²) in [5, 5.41) is 10.9. The number of nitrogens with one attached hydrogen (secondary N) is 1. The van der Waals surface area contributed by atoms with Crippen LogP contribution in [0.2, 0.25) is 0 Å². The number of aryl methyl sites for hydroxylation is 1. The highest BCUT2D eigenvalue weighted by molar-refractivity contribution is 6.48. The van der Waals surface area contributed by atoms with E-state index in [0.717, 1.165) is 21.9 Å². The number of aromatic nitrogens is 3. The summed E-state index contributed by atoms with van der Waals surface area (Å²) < 4.78 is 6.70. The molecule has 9 heteroatoms. The number of hydrogen-bond acceptors (Lipinski definition) is 6. The highest BCUT2D eigenvalue weighted by atomic mass is 35.5. The fourth-order valence-electron chi connectivity index (χ4n) is 2.97. The van der Waals surface area contributed by atoms with E-state index < -0.39 is 11.8 Å². The number of carbonyl (C=O) groups excluding carboxylic acids is 2. The normalized spacial score (nSPS) is 13.9. The summed E-state index contributed by atoms with van der Waals surface area (Å²) in [5.41, 5.74) is 3.02. The van der Waals surface area contributed by atoms with Crippen LogP contribution >= 0.6 is 11.6 Å². The molecule has 1 aliphatic heterocycles. The van der Waals surface area contributed by atoms with Crippen molar-refractivity contribution >= 4 is 29.1 Å². The monoisotopic (exact) mass is 423 g/mol. The van der Waals surface area contributed by atoms with Crippen LogP contribution in [0.25, 0.3) is 5.69 Å². The number of ether oxygens (including phenoxy) is 1. The number of anilines is 1. The van der Waals surface area contributed by atoms with Crippen molar-refractivity contribution in [2.45, 2.75) is 13.5 Å². The molecule has 1 aliphatic rings. The molecule has 2 aromatic carbocycles. The molecular weight excluding hydrogens is 406 g/mol. The Morgan fingerprint density at radius 2 is 1.73 bits per heavy atom. The van der Waals surface area contributed by atoms with Gasteiger partial charge in [-0.15, -0.1) is 5.10 Å².